The minimum absolute atomic E-state index is 0.0592. The lowest BCUT2D eigenvalue weighted by Crippen LogP contribution is -2.57. The molecule has 5 heteroatoms. The topological polar surface area (TPSA) is 66.4 Å². The van der Waals surface area contributed by atoms with E-state index in [0.717, 1.165) is 12.8 Å². The number of carbonyl (C=O) groups is 2. The van der Waals surface area contributed by atoms with Crippen molar-refractivity contribution in [2.24, 2.45) is 5.92 Å². The molecule has 1 aromatic carbocycles. The van der Waals surface area contributed by atoms with E-state index in [1.165, 1.54) is 24.3 Å². The van der Waals surface area contributed by atoms with Gasteiger partial charge in [-0.2, -0.15) is 0 Å². The Morgan fingerprint density at radius 2 is 2.05 bits per heavy atom. The van der Waals surface area contributed by atoms with Gasteiger partial charge < -0.3 is 10.4 Å². The van der Waals surface area contributed by atoms with Gasteiger partial charge in [0.25, 0.3) is 0 Å². The third kappa shape index (κ3) is 3.80. The molecule has 1 fully saturated rings. The van der Waals surface area contributed by atoms with Crippen LogP contribution in [0.1, 0.15) is 38.2 Å². The van der Waals surface area contributed by atoms with E-state index >= 15 is 0 Å². The van der Waals surface area contributed by atoms with Crippen molar-refractivity contribution in [1.29, 1.82) is 0 Å². The molecule has 1 saturated carbocycles. The Morgan fingerprint density at radius 3 is 2.62 bits per heavy atom. The van der Waals surface area contributed by atoms with E-state index in [9.17, 15) is 19.1 Å². The van der Waals surface area contributed by atoms with Gasteiger partial charge in [0.15, 0.2) is 0 Å². The van der Waals surface area contributed by atoms with E-state index in [0.29, 0.717) is 18.4 Å². The largest absolute Gasteiger partial charge is 0.480 e. The Morgan fingerprint density at radius 1 is 1.38 bits per heavy atom. The number of nitrogens with one attached hydrogen (secondary N) is 1. The summed E-state index contributed by atoms with van der Waals surface area (Å²) in [4.78, 5) is 23.7. The lowest BCUT2D eigenvalue weighted by atomic mass is 9.76. The molecule has 114 valence electrons. The van der Waals surface area contributed by atoms with E-state index < -0.39 is 11.5 Å². The van der Waals surface area contributed by atoms with Crippen LogP contribution in [-0.2, 0) is 16.0 Å². The summed E-state index contributed by atoms with van der Waals surface area (Å²) < 4.78 is 12.8. The van der Waals surface area contributed by atoms with Crippen LogP contribution >= 0.6 is 0 Å². The van der Waals surface area contributed by atoms with Gasteiger partial charge in [-0.15, -0.1) is 0 Å². The van der Waals surface area contributed by atoms with E-state index in [2.05, 4.69) is 5.32 Å². The van der Waals surface area contributed by atoms with Crippen LogP contribution in [0.5, 0.6) is 0 Å². The molecule has 4 nitrogen and oxygen atoms in total. The van der Waals surface area contributed by atoms with Crippen molar-refractivity contribution in [2.75, 3.05) is 0 Å². The molecule has 0 bridgehead atoms. The second-order valence-electron chi connectivity index (χ2n) is 5.94. The molecule has 0 spiro atoms. The average Bonchev–Trinajstić information content (AvgIpc) is 2.41. The average molecular weight is 293 g/mol. The summed E-state index contributed by atoms with van der Waals surface area (Å²) in [5.74, 6) is -1.39. The fourth-order valence-electron chi connectivity index (χ4n) is 3.01. The van der Waals surface area contributed by atoms with Gasteiger partial charge in [-0.3, -0.25) is 4.79 Å². The molecule has 2 N–H and O–H groups in total. The van der Waals surface area contributed by atoms with Crippen molar-refractivity contribution in [1.82, 2.24) is 5.32 Å². The van der Waals surface area contributed by atoms with Crippen LogP contribution < -0.4 is 5.32 Å². The molecule has 21 heavy (non-hydrogen) atoms. The molecule has 1 aromatic rings. The lowest BCUT2D eigenvalue weighted by Gasteiger charge is -2.37. The van der Waals surface area contributed by atoms with Gasteiger partial charge in [0, 0.05) is 0 Å². The highest BCUT2D eigenvalue weighted by molar-refractivity contribution is 5.88. The Balaban J connectivity index is 2.05. The summed E-state index contributed by atoms with van der Waals surface area (Å²) in [7, 11) is 0. The highest BCUT2D eigenvalue weighted by Gasteiger charge is 2.43. The number of hydrogen-bond acceptors (Lipinski definition) is 2. The van der Waals surface area contributed by atoms with Crippen molar-refractivity contribution in [3.63, 3.8) is 0 Å². The monoisotopic (exact) mass is 293 g/mol. The second-order valence-corrected chi connectivity index (χ2v) is 5.94. The molecule has 1 aliphatic carbocycles. The van der Waals surface area contributed by atoms with Gasteiger partial charge in [-0.1, -0.05) is 31.9 Å². The van der Waals surface area contributed by atoms with Gasteiger partial charge in [0.2, 0.25) is 5.91 Å². The Labute approximate surface area is 123 Å². The van der Waals surface area contributed by atoms with Crippen LogP contribution in [0.3, 0.4) is 0 Å². The summed E-state index contributed by atoms with van der Waals surface area (Å²) >= 11 is 0. The van der Waals surface area contributed by atoms with E-state index in [1.54, 1.807) is 0 Å². The number of aliphatic carboxylic acids is 1. The van der Waals surface area contributed by atoms with Gasteiger partial charge in [-0.25, -0.2) is 9.18 Å². The summed E-state index contributed by atoms with van der Waals surface area (Å²) in [6.07, 6.45) is 2.76. The minimum atomic E-state index is -1.16. The Hall–Kier alpha value is -1.91. The predicted octanol–water partition coefficient (Wildman–Crippen LogP) is 2.52. The van der Waals surface area contributed by atoms with Crippen molar-refractivity contribution in [2.45, 2.75) is 44.6 Å². The first-order chi connectivity index (χ1) is 9.91. The molecule has 0 radical (unpaired) electrons. The van der Waals surface area contributed by atoms with Crippen LogP contribution in [-0.4, -0.2) is 22.5 Å². The zero-order valence-corrected chi connectivity index (χ0v) is 12.1. The molecular formula is C16H20FNO3. The van der Waals surface area contributed by atoms with Crippen molar-refractivity contribution in [3.8, 4) is 0 Å². The Kier molecular flexibility index (Phi) is 4.60. The summed E-state index contributed by atoms with van der Waals surface area (Å²) in [5, 5.41) is 12.2. The molecule has 1 amide bonds. The Bertz CT molecular complexity index is 529. The van der Waals surface area contributed by atoms with Gasteiger partial charge in [-0.05, 0) is 36.5 Å². The first kappa shape index (κ1) is 15.5. The van der Waals surface area contributed by atoms with E-state index in [1.807, 2.05) is 6.92 Å². The van der Waals surface area contributed by atoms with Gasteiger partial charge >= 0.3 is 5.97 Å². The first-order valence-corrected chi connectivity index (χ1v) is 7.20. The standard InChI is InChI=1S/C16H20FNO3/c1-11-3-2-8-16(10-11,15(20)21)18-14(19)9-12-4-6-13(17)7-5-12/h4-7,11H,2-3,8-10H2,1H3,(H,18,19)(H,20,21). The summed E-state index contributed by atoms with van der Waals surface area (Å²) in [6, 6.07) is 5.65. The smallest absolute Gasteiger partial charge is 0.329 e. The fraction of sp³-hybridized carbons (Fsp3) is 0.500. The SMILES string of the molecule is CC1CCCC(NC(=O)Cc2ccc(F)cc2)(C(=O)O)C1. The lowest BCUT2D eigenvalue weighted by molar-refractivity contribution is -0.150. The molecule has 2 atom stereocenters. The van der Waals surface area contributed by atoms with E-state index in [-0.39, 0.29) is 24.1 Å². The van der Waals surface area contributed by atoms with Crippen molar-refractivity contribution >= 4 is 11.9 Å². The summed E-state index contributed by atoms with van der Waals surface area (Å²) in [6.45, 7) is 2.00. The van der Waals surface area contributed by atoms with Crippen LogP contribution in [0.25, 0.3) is 0 Å². The normalized spacial score (nSPS) is 25.3. The number of amides is 1. The third-order valence-electron chi connectivity index (χ3n) is 4.06. The number of halogens is 1. The number of hydrogen-bond donors (Lipinski definition) is 2. The van der Waals surface area contributed by atoms with Crippen LogP contribution in [0.4, 0.5) is 4.39 Å². The zero-order valence-electron chi connectivity index (χ0n) is 12.1. The third-order valence-corrected chi connectivity index (χ3v) is 4.06. The molecule has 0 aliphatic heterocycles. The van der Waals surface area contributed by atoms with Crippen molar-refractivity contribution < 1.29 is 19.1 Å². The molecule has 2 unspecified atom stereocenters. The van der Waals surface area contributed by atoms with Crippen LogP contribution in [0, 0.1) is 11.7 Å². The highest BCUT2D eigenvalue weighted by atomic mass is 19.1. The van der Waals surface area contributed by atoms with Crippen LogP contribution in [0.2, 0.25) is 0 Å². The maximum Gasteiger partial charge on any atom is 0.329 e. The number of carboxylic acids is 1. The molecule has 1 aliphatic rings. The number of carboxylic acid groups (broad SMARTS) is 1. The predicted molar refractivity (Wildman–Crippen MR) is 76.2 cm³/mol. The number of benzene rings is 1. The van der Waals surface area contributed by atoms with Gasteiger partial charge in [0.1, 0.15) is 11.4 Å². The second kappa shape index (κ2) is 6.24. The van der Waals surface area contributed by atoms with Gasteiger partial charge in [0.05, 0.1) is 6.42 Å². The maximum atomic E-state index is 12.8. The number of carbonyl (C=O) groups excluding carboxylic acids is 1. The zero-order chi connectivity index (χ0) is 15.5. The maximum absolute atomic E-state index is 12.8. The fourth-order valence-corrected chi connectivity index (χ4v) is 3.01. The molecular weight excluding hydrogens is 273 g/mol. The molecule has 0 aromatic heterocycles. The number of rotatable bonds is 4. The molecule has 0 heterocycles. The molecule has 0 saturated heterocycles. The minimum Gasteiger partial charge on any atom is -0.480 e. The first-order valence-electron chi connectivity index (χ1n) is 7.20. The quantitative estimate of drug-likeness (QED) is 0.896. The summed E-state index contributed by atoms with van der Waals surface area (Å²) in [5.41, 5.74) is -0.493. The van der Waals surface area contributed by atoms with Crippen molar-refractivity contribution in [3.05, 3.63) is 35.6 Å². The highest BCUT2D eigenvalue weighted by Crippen LogP contribution is 2.32. The van der Waals surface area contributed by atoms with Crippen LogP contribution in [0.15, 0.2) is 24.3 Å². The molecule has 2 rings (SSSR count). The van der Waals surface area contributed by atoms with E-state index in [4.69, 9.17) is 0 Å².